The number of hydrogen-bond donors (Lipinski definition) is 0. The molecule has 0 bridgehead atoms. The van der Waals surface area contributed by atoms with E-state index >= 15 is 0 Å². The predicted octanol–water partition coefficient (Wildman–Crippen LogP) is 7.94. The molecule has 0 aliphatic heterocycles. The SMILES string of the molecule is CCCC(CCC)c1c#ccc(-c2cc3c(cc2C)C(C)(C)C(C)CC3(C)C)n1. The zero-order chi connectivity index (χ0) is 21.4. The number of benzene rings is 1. The van der Waals surface area contributed by atoms with Crippen LogP contribution in [0.2, 0.25) is 0 Å². The third kappa shape index (κ3) is 4.09. The lowest BCUT2D eigenvalue weighted by Gasteiger charge is -2.47. The van der Waals surface area contributed by atoms with Crippen LogP contribution in [0.3, 0.4) is 0 Å². The lowest BCUT2D eigenvalue weighted by molar-refractivity contribution is 0.233. The molecule has 0 saturated carbocycles. The van der Waals surface area contributed by atoms with E-state index in [-0.39, 0.29) is 10.8 Å². The van der Waals surface area contributed by atoms with E-state index in [1.165, 1.54) is 54.4 Å². The molecule has 1 aromatic carbocycles. The normalized spacial score (nSPS) is 19.7. The van der Waals surface area contributed by atoms with Crippen LogP contribution in [0.5, 0.6) is 0 Å². The minimum absolute atomic E-state index is 0.188. The van der Waals surface area contributed by atoms with Crippen LogP contribution in [0, 0.1) is 25.0 Å². The van der Waals surface area contributed by atoms with E-state index in [4.69, 9.17) is 4.98 Å². The van der Waals surface area contributed by atoms with Crippen LogP contribution < -0.4 is 0 Å². The Labute approximate surface area is 179 Å². The Kier molecular flexibility index (Phi) is 6.14. The van der Waals surface area contributed by atoms with E-state index in [0.29, 0.717) is 11.8 Å². The molecule has 3 rings (SSSR count). The monoisotopic (exact) mass is 389 g/mol. The molecule has 1 aliphatic rings. The molecule has 0 N–H and O–H groups in total. The van der Waals surface area contributed by atoms with Gasteiger partial charge in [0.2, 0.25) is 0 Å². The van der Waals surface area contributed by atoms with Crippen LogP contribution in [0.15, 0.2) is 18.2 Å². The fourth-order valence-corrected chi connectivity index (χ4v) is 5.29. The largest absolute Gasteiger partial charge is 0.243 e. The van der Waals surface area contributed by atoms with Crippen LogP contribution in [0.1, 0.15) is 109 Å². The Hall–Kier alpha value is -1.81. The number of aryl methyl sites for hydroxylation is 1. The summed E-state index contributed by atoms with van der Waals surface area (Å²) in [5.41, 5.74) is 8.15. The molecule has 1 heteroatoms. The summed E-state index contributed by atoms with van der Waals surface area (Å²) in [5.74, 6) is 1.17. The molecular weight excluding hydrogens is 350 g/mol. The smallest absolute Gasteiger partial charge is 0.0941 e. The maximum absolute atomic E-state index is 5.10. The summed E-state index contributed by atoms with van der Waals surface area (Å²) < 4.78 is 0. The van der Waals surface area contributed by atoms with Gasteiger partial charge in [-0.05, 0) is 71.8 Å². The quantitative estimate of drug-likeness (QED) is 0.488. The lowest BCUT2D eigenvalue weighted by Crippen LogP contribution is -2.40. The molecule has 1 heterocycles. The van der Waals surface area contributed by atoms with Crippen molar-refractivity contribution in [2.45, 2.75) is 104 Å². The summed E-state index contributed by atoms with van der Waals surface area (Å²) in [5, 5.41) is 0. The Morgan fingerprint density at radius 3 is 2.34 bits per heavy atom. The number of rotatable bonds is 6. The van der Waals surface area contributed by atoms with E-state index in [0.717, 1.165) is 11.4 Å². The Morgan fingerprint density at radius 2 is 1.72 bits per heavy atom. The van der Waals surface area contributed by atoms with Gasteiger partial charge in [0.05, 0.1) is 11.4 Å². The number of fused-ring (bicyclic) bond motifs is 1. The first kappa shape index (κ1) is 21.9. The maximum Gasteiger partial charge on any atom is 0.0941 e. The first-order valence-corrected chi connectivity index (χ1v) is 11.6. The van der Waals surface area contributed by atoms with Crippen molar-refractivity contribution in [3.05, 3.63) is 52.7 Å². The highest BCUT2D eigenvalue weighted by molar-refractivity contribution is 5.67. The summed E-state index contributed by atoms with van der Waals surface area (Å²) in [7, 11) is 0. The fraction of sp³-hybridized carbons (Fsp3) is 0.607. The lowest BCUT2D eigenvalue weighted by atomic mass is 9.58. The molecule has 1 nitrogen and oxygen atoms in total. The summed E-state index contributed by atoms with van der Waals surface area (Å²) in [6.07, 6.45) is 5.94. The topological polar surface area (TPSA) is 12.9 Å². The van der Waals surface area contributed by atoms with Crippen molar-refractivity contribution in [1.82, 2.24) is 4.98 Å². The van der Waals surface area contributed by atoms with Gasteiger partial charge in [0, 0.05) is 17.5 Å². The summed E-state index contributed by atoms with van der Waals surface area (Å²) in [4.78, 5) is 5.10. The van der Waals surface area contributed by atoms with Gasteiger partial charge in [-0.1, -0.05) is 73.4 Å². The summed E-state index contributed by atoms with van der Waals surface area (Å²) in [6.45, 7) is 18.8. The van der Waals surface area contributed by atoms with Gasteiger partial charge in [0.25, 0.3) is 0 Å². The Balaban J connectivity index is 2.11. The van der Waals surface area contributed by atoms with Crippen molar-refractivity contribution in [2.24, 2.45) is 5.92 Å². The van der Waals surface area contributed by atoms with E-state index in [1.54, 1.807) is 0 Å². The van der Waals surface area contributed by atoms with E-state index in [1.807, 2.05) is 6.07 Å². The van der Waals surface area contributed by atoms with Gasteiger partial charge >= 0.3 is 0 Å². The van der Waals surface area contributed by atoms with Crippen molar-refractivity contribution in [3.8, 4) is 11.3 Å². The number of hydrogen-bond acceptors (Lipinski definition) is 1. The molecule has 1 unspecified atom stereocenters. The van der Waals surface area contributed by atoms with Crippen LogP contribution in [0.4, 0.5) is 0 Å². The molecule has 2 aromatic rings. The Bertz CT molecular complexity index is 853. The molecule has 1 atom stereocenters. The van der Waals surface area contributed by atoms with Crippen LogP contribution >= 0.6 is 0 Å². The van der Waals surface area contributed by atoms with Gasteiger partial charge in [-0.2, -0.15) is 0 Å². The average molecular weight is 390 g/mol. The molecule has 1 aromatic heterocycles. The minimum Gasteiger partial charge on any atom is -0.243 e. The van der Waals surface area contributed by atoms with Gasteiger partial charge in [0.1, 0.15) is 0 Å². The molecule has 29 heavy (non-hydrogen) atoms. The third-order valence-corrected chi connectivity index (χ3v) is 7.42. The van der Waals surface area contributed by atoms with Crippen molar-refractivity contribution in [3.63, 3.8) is 0 Å². The van der Waals surface area contributed by atoms with Gasteiger partial charge in [0.15, 0.2) is 0 Å². The molecule has 1 aliphatic carbocycles. The second-order valence-corrected chi connectivity index (χ2v) is 10.5. The Morgan fingerprint density at radius 1 is 1.07 bits per heavy atom. The van der Waals surface area contributed by atoms with Crippen molar-refractivity contribution >= 4 is 0 Å². The van der Waals surface area contributed by atoms with Crippen LogP contribution in [-0.2, 0) is 10.8 Å². The van der Waals surface area contributed by atoms with Crippen LogP contribution in [0.25, 0.3) is 11.3 Å². The highest BCUT2D eigenvalue weighted by atomic mass is 14.7. The molecule has 0 saturated heterocycles. The molecule has 0 radical (unpaired) electrons. The van der Waals surface area contributed by atoms with Gasteiger partial charge in [-0.15, -0.1) is 0 Å². The second-order valence-electron chi connectivity index (χ2n) is 10.5. The standard InChI is InChI=1S/C28H39N/c1-9-12-21(13-10-2)25-14-11-15-26(29-25)22-17-23-24(16-19(22)3)28(7,8)20(4)18-27(23,5)6/h15-17,20-21H,9-10,12-13,18H2,1-8H3. The minimum atomic E-state index is 0.188. The third-order valence-electron chi connectivity index (χ3n) is 7.42. The highest BCUT2D eigenvalue weighted by Gasteiger charge is 2.42. The predicted molar refractivity (Wildman–Crippen MR) is 124 cm³/mol. The highest BCUT2D eigenvalue weighted by Crippen LogP contribution is 2.50. The van der Waals surface area contributed by atoms with E-state index in [9.17, 15) is 0 Å². The molecule has 0 amide bonds. The summed E-state index contributed by atoms with van der Waals surface area (Å²) in [6, 6.07) is 13.5. The molecule has 0 spiro atoms. The first-order valence-electron chi connectivity index (χ1n) is 11.6. The number of nitrogens with zero attached hydrogens (tertiary/aromatic N) is 1. The van der Waals surface area contributed by atoms with E-state index in [2.05, 4.69) is 79.7 Å². The maximum atomic E-state index is 5.10. The molecule has 0 fully saturated rings. The van der Waals surface area contributed by atoms with Crippen molar-refractivity contribution in [2.75, 3.05) is 0 Å². The second kappa shape index (κ2) is 8.14. The van der Waals surface area contributed by atoms with Gasteiger partial charge in [-0.25, -0.2) is 4.98 Å². The zero-order valence-corrected chi connectivity index (χ0v) is 19.9. The zero-order valence-electron chi connectivity index (χ0n) is 19.9. The molecule has 156 valence electrons. The average Bonchev–Trinajstić information content (AvgIpc) is 2.66. The van der Waals surface area contributed by atoms with Gasteiger partial charge < -0.3 is 0 Å². The van der Waals surface area contributed by atoms with Crippen molar-refractivity contribution in [1.29, 1.82) is 0 Å². The first-order chi connectivity index (χ1) is 13.6. The van der Waals surface area contributed by atoms with Crippen LogP contribution in [-0.4, -0.2) is 4.98 Å². The summed E-state index contributed by atoms with van der Waals surface area (Å²) >= 11 is 0. The fourth-order valence-electron chi connectivity index (χ4n) is 5.29. The van der Waals surface area contributed by atoms with E-state index < -0.39 is 0 Å². The van der Waals surface area contributed by atoms with Gasteiger partial charge in [-0.3, -0.25) is 0 Å². The van der Waals surface area contributed by atoms with Crippen molar-refractivity contribution < 1.29 is 0 Å². The molecular formula is C28H39N. The number of aromatic nitrogens is 1.